The average Bonchev–Trinajstić information content (AvgIpc) is 3.06. The number of likely N-dealkylation sites (tertiary alicyclic amines) is 1. The van der Waals surface area contributed by atoms with E-state index in [0.29, 0.717) is 29.0 Å². The van der Waals surface area contributed by atoms with Crippen LogP contribution in [-0.4, -0.2) is 31.0 Å². The van der Waals surface area contributed by atoms with Gasteiger partial charge in [-0.25, -0.2) is 0 Å². The molecule has 1 atom stereocenters. The maximum atomic E-state index is 12.6. The summed E-state index contributed by atoms with van der Waals surface area (Å²) in [6.45, 7) is 3.21. The third-order valence-electron chi connectivity index (χ3n) is 4.65. The van der Waals surface area contributed by atoms with Crippen molar-refractivity contribution in [2.75, 3.05) is 25.5 Å². The molecule has 0 bridgehead atoms. The molecule has 3 rings (SSSR count). The van der Waals surface area contributed by atoms with Crippen LogP contribution in [0.4, 0.5) is 5.69 Å². The first-order valence-electron chi connectivity index (χ1n) is 8.51. The van der Waals surface area contributed by atoms with Gasteiger partial charge in [0.05, 0.1) is 19.3 Å². The number of anilines is 1. The largest absolute Gasteiger partial charge is 0.495 e. The van der Waals surface area contributed by atoms with Gasteiger partial charge < -0.3 is 10.1 Å². The second kappa shape index (κ2) is 7.89. The van der Waals surface area contributed by atoms with Crippen LogP contribution in [0, 0.1) is 6.92 Å². The van der Waals surface area contributed by atoms with Crippen LogP contribution >= 0.6 is 11.6 Å². The Bertz CT molecular complexity index is 749. The standard InChI is InChI=1S/C20H23ClN2O2/c1-14-11-17(19(25-2)12-16(14)21)22-20(24)13-23-10-6-9-18(23)15-7-4-3-5-8-15/h3-5,7-8,11-12,18H,6,9-10,13H2,1-2H3,(H,22,24). The Balaban J connectivity index is 1.69. The van der Waals surface area contributed by atoms with Gasteiger partial charge in [-0.2, -0.15) is 0 Å². The van der Waals surface area contributed by atoms with Crippen LogP contribution in [0.1, 0.15) is 30.0 Å². The minimum Gasteiger partial charge on any atom is -0.495 e. The second-order valence-electron chi connectivity index (χ2n) is 6.39. The van der Waals surface area contributed by atoms with E-state index in [4.69, 9.17) is 16.3 Å². The van der Waals surface area contributed by atoms with Crippen LogP contribution in [-0.2, 0) is 4.79 Å². The molecule has 0 spiro atoms. The Kier molecular flexibility index (Phi) is 5.61. The number of aryl methyl sites for hydroxylation is 1. The summed E-state index contributed by atoms with van der Waals surface area (Å²) in [5.74, 6) is 0.535. The predicted octanol–water partition coefficient (Wildman–Crippen LogP) is 4.43. The van der Waals surface area contributed by atoms with E-state index in [1.54, 1.807) is 13.2 Å². The lowest BCUT2D eigenvalue weighted by Crippen LogP contribution is -2.33. The number of ether oxygens (including phenoxy) is 1. The molecular weight excluding hydrogens is 336 g/mol. The molecular formula is C20H23ClN2O2. The van der Waals surface area contributed by atoms with Crippen LogP contribution in [0.15, 0.2) is 42.5 Å². The zero-order chi connectivity index (χ0) is 17.8. The molecule has 1 aliphatic rings. The number of hydrogen-bond acceptors (Lipinski definition) is 3. The van der Waals surface area contributed by atoms with Crippen molar-refractivity contribution in [2.24, 2.45) is 0 Å². The van der Waals surface area contributed by atoms with E-state index in [0.717, 1.165) is 24.9 Å². The second-order valence-corrected chi connectivity index (χ2v) is 6.80. The van der Waals surface area contributed by atoms with Crippen molar-refractivity contribution < 1.29 is 9.53 Å². The van der Waals surface area contributed by atoms with Crippen LogP contribution in [0.3, 0.4) is 0 Å². The maximum absolute atomic E-state index is 12.6. The van der Waals surface area contributed by atoms with Crippen LogP contribution < -0.4 is 10.1 Å². The molecule has 5 heteroatoms. The highest BCUT2D eigenvalue weighted by Gasteiger charge is 2.27. The summed E-state index contributed by atoms with van der Waals surface area (Å²) in [4.78, 5) is 14.8. The fourth-order valence-electron chi connectivity index (χ4n) is 3.37. The Morgan fingerprint density at radius 1 is 1.32 bits per heavy atom. The van der Waals surface area contributed by atoms with Gasteiger partial charge in [0.1, 0.15) is 5.75 Å². The van der Waals surface area contributed by atoms with Crippen molar-refractivity contribution in [3.63, 3.8) is 0 Å². The first-order chi connectivity index (χ1) is 12.1. The van der Waals surface area contributed by atoms with E-state index in [1.807, 2.05) is 31.2 Å². The van der Waals surface area contributed by atoms with Gasteiger partial charge in [-0.05, 0) is 43.5 Å². The van der Waals surface area contributed by atoms with Crippen molar-refractivity contribution in [1.29, 1.82) is 0 Å². The van der Waals surface area contributed by atoms with Gasteiger partial charge in [0.25, 0.3) is 0 Å². The number of halogens is 1. The Hall–Kier alpha value is -2.04. The van der Waals surface area contributed by atoms with Crippen LogP contribution in [0.25, 0.3) is 0 Å². The van der Waals surface area contributed by atoms with E-state index < -0.39 is 0 Å². The average molecular weight is 359 g/mol. The quantitative estimate of drug-likeness (QED) is 0.859. The summed E-state index contributed by atoms with van der Waals surface area (Å²) >= 11 is 6.12. The highest BCUT2D eigenvalue weighted by atomic mass is 35.5. The van der Waals surface area contributed by atoms with Gasteiger partial charge in [0, 0.05) is 17.1 Å². The fourth-order valence-corrected chi connectivity index (χ4v) is 3.53. The minimum atomic E-state index is -0.0390. The van der Waals surface area contributed by atoms with E-state index in [-0.39, 0.29) is 5.91 Å². The Morgan fingerprint density at radius 2 is 2.08 bits per heavy atom. The molecule has 1 saturated heterocycles. The van der Waals surface area contributed by atoms with Gasteiger partial charge in [0.2, 0.25) is 5.91 Å². The molecule has 1 aliphatic heterocycles. The summed E-state index contributed by atoms with van der Waals surface area (Å²) in [5, 5.41) is 3.59. The molecule has 1 unspecified atom stereocenters. The fraction of sp³-hybridized carbons (Fsp3) is 0.350. The van der Waals surface area contributed by atoms with Crippen molar-refractivity contribution in [1.82, 2.24) is 4.90 Å². The third kappa shape index (κ3) is 4.14. The predicted molar refractivity (Wildman–Crippen MR) is 101 cm³/mol. The number of hydrogen-bond donors (Lipinski definition) is 1. The lowest BCUT2D eigenvalue weighted by atomic mass is 10.0. The molecule has 1 N–H and O–H groups in total. The van der Waals surface area contributed by atoms with Gasteiger partial charge in [0.15, 0.2) is 0 Å². The van der Waals surface area contributed by atoms with Crippen molar-refractivity contribution in [3.05, 3.63) is 58.6 Å². The smallest absolute Gasteiger partial charge is 0.238 e. The zero-order valence-corrected chi connectivity index (χ0v) is 15.3. The van der Waals surface area contributed by atoms with Crippen molar-refractivity contribution >= 4 is 23.2 Å². The van der Waals surface area contributed by atoms with Crippen molar-refractivity contribution in [2.45, 2.75) is 25.8 Å². The van der Waals surface area contributed by atoms with Gasteiger partial charge >= 0.3 is 0 Å². The Morgan fingerprint density at radius 3 is 2.80 bits per heavy atom. The number of nitrogens with zero attached hydrogens (tertiary/aromatic N) is 1. The van der Waals surface area contributed by atoms with E-state index in [9.17, 15) is 4.79 Å². The SMILES string of the molecule is COc1cc(Cl)c(C)cc1NC(=O)CN1CCCC1c1ccccc1. The first kappa shape index (κ1) is 17.8. The summed E-state index contributed by atoms with van der Waals surface area (Å²) < 4.78 is 5.33. The molecule has 2 aromatic carbocycles. The number of carbonyl (C=O) groups is 1. The van der Waals surface area contributed by atoms with Gasteiger partial charge in [-0.15, -0.1) is 0 Å². The van der Waals surface area contributed by atoms with E-state index in [1.165, 1.54) is 5.56 Å². The number of methoxy groups -OCH3 is 1. The van der Waals surface area contributed by atoms with Crippen LogP contribution in [0.5, 0.6) is 5.75 Å². The maximum Gasteiger partial charge on any atom is 0.238 e. The Labute approximate surface area is 153 Å². The molecule has 1 heterocycles. The summed E-state index contributed by atoms with van der Waals surface area (Å²) in [6, 6.07) is 14.3. The zero-order valence-electron chi connectivity index (χ0n) is 14.6. The topological polar surface area (TPSA) is 41.6 Å². The minimum absolute atomic E-state index is 0.0390. The normalized spacial score (nSPS) is 17.5. The molecule has 0 saturated carbocycles. The number of benzene rings is 2. The molecule has 1 amide bonds. The molecule has 132 valence electrons. The van der Waals surface area contributed by atoms with Gasteiger partial charge in [-0.3, -0.25) is 9.69 Å². The highest BCUT2D eigenvalue weighted by Crippen LogP contribution is 2.33. The van der Waals surface area contributed by atoms with E-state index in [2.05, 4.69) is 22.3 Å². The molecule has 25 heavy (non-hydrogen) atoms. The molecule has 4 nitrogen and oxygen atoms in total. The van der Waals surface area contributed by atoms with Gasteiger partial charge in [-0.1, -0.05) is 41.9 Å². The summed E-state index contributed by atoms with van der Waals surface area (Å²) in [5.41, 5.74) is 2.83. The van der Waals surface area contributed by atoms with Crippen molar-refractivity contribution in [3.8, 4) is 5.75 Å². The number of rotatable bonds is 5. The van der Waals surface area contributed by atoms with Crippen LogP contribution in [0.2, 0.25) is 5.02 Å². The first-order valence-corrected chi connectivity index (χ1v) is 8.89. The third-order valence-corrected chi connectivity index (χ3v) is 5.06. The highest BCUT2D eigenvalue weighted by molar-refractivity contribution is 6.31. The monoisotopic (exact) mass is 358 g/mol. The van der Waals surface area contributed by atoms with E-state index >= 15 is 0 Å². The number of carbonyl (C=O) groups excluding carboxylic acids is 1. The molecule has 0 radical (unpaired) electrons. The molecule has 0 aliphatic carbocycles. The molecule has 1 fully saturated rings. The lowest BCUT2D eigenvalue weighted by molar-refractivity contribution is -0.117. The molecule has 2 aromatic rings. The molecule has 0 aromatic heterocycles. The number of nitrogens with one attached hydrogen (secondary N) is 1. The lowest BCUT2D eigenvalue weighted by Gasteiger charge is -2.24. The summed E-state index contributed by atoms with van der Waals surface area (Å²) in [7, 11) is 1.57. The number of amides is 1. The summed E-state index contributed by atoms with van der Waals surface area (Å²) in [6.07, 6.45) is 2.19.